The summed E-state index contributed by atoms with van der Waals surface area (Å²) in [6, 6.07) is 7.99. The number of hydrogen-bond acceptors (Lipinski definition) is 5. The molecule has 112 valence electrons. The van der Waals surface area contributed by atoms with Crippen molar-refractivity contribution in [1.82, 2.24) is 14.9 Å². The molecule has 2 heterocycles. The molecule has 1 aliphatic rings. The lowest BCUT2D eigenvalue weighted by molar-refractivity contribution is -0.124. The van der Waals surface area contributed by atoms with Crippen LogP contribution in [0.1, 0.15) is 12.5 Å². The molecule has 1 atom stereocenters. The van der Waals surface area contributed by atoms with Crippen molar-refractivity contribution < 1.29 is 4.79 Å². The van der Waals surface area contributed by atoms with Gasteiger partial charge in [-0.1, -0.05) is 18.2 Å². The van der Waals surface area contributed by atoms with Gasteiger partial charge in [0.2, 0.25) is 0 Å². The minimum Gasteiger partial charge on any atom is -0.379 e. The van der Waals surface area contributed by atoms with Gasteiger partial charge in [0.1, 0.15) is 11.9 Å². The van der Waals surface area contributed by atoms with Crippen LogP contribution in [0.5, 0.6) is 0 Å². The van der Waals surface area contributed by atoms with Crippen LogP contribution in [0.4, 0.5) is 0 Å². The molecule has 0 saturated carbocycles. The van der Waals surface area contributed by atoms with Gasteiger partial charge in [-0.25, -0.2) is 9.97 Å². The van der Waals surface area contributed by atoms with Gasteiger partial charge in [-0.05, 0) is 24.1 Å². The standard InChI is InChI=1S/C16H17N5O/c1-16(9-21(2)15(22)14(17)20-16)13-5-3-4-11(6-13)12-7-18-10-19-8-12/h3-8,10H,9H2,1-2H3,(H2,17,20). The van der Waals surface area contributed by atoms with Crippen LogP contribution in [0, 0.1) is 0 Å². The monoisotopic (exact) mass is 295 g/mol. The van der Waals surface area contributed by atoms with Gasteiger partial charge in [-0.3, -0.25) is 9.79 Å². The lowest BCUT2D eigenvalue weighted by Crippen LogP contribution is -2.50. The summed E-state index contributed by atoms with van der Waals surface area (Å²) in [5.41, 5.74) is 8.15. The second-order valence-electron chi connectivity index (χ2n) is 5.64. The maximum absolute atomic E-state index is 11.8. The summed E-state index contributed by atoms with van der Waals surface area (Å²) < 4.78 is 0. The smallest absolute Gasteiger partial charge is 0.288 e. The van der Waals surface area contributed by atoms with E-state index in [4.69, 9.17) is 5.73 Å². The van der Waals surface area contributed by atoms with E-state index in [-0.39, 0.29) is 11.7 Å². The Morgan fingerprint density at radius 1 is 1.23 bits per heavy atom. The molecule has 6 nitrogen and oxygen atoms in total. The maximum atomic E-state index is 11.8. The Bertz CT molecular complexity index is 743. The van der Waals surface area contributed by atoms with E-state index in [0.717, 1.165) is 16.7 Å². The Morgan fingerprint density at radius 2 is 1.95 bits per heavy atom. The van der Waals surface area contributed by atoms with E-state index in [1.165, 1.54) is 6.33 Å². The molecule has 0 spiro atoms. The number of carbonyl (C=O) groups is 1. The number of likely N-dealkylation sites (N-methyl/N-ethyl adjacent to an activating group) is 1. The first-order valence-corrected chi connectivity index (χ1v) is 6.96. The molecule has 1 aromatic heterocycles. The highest BCUT2D eigenvalue weighted by Crippen LogP contribution is 2.31. The summed E-state index contributed by atoms with van der Waals surface area (Å²) in [7, 11) is 1.73. The van der Waals surface area contributed by atoms with E-state index >= 15 is 0 Å². The van der Waals surface area contributed by atoms with Crippen LogP contribution in [0.25, 0.3) is 11.1 Å². The van der Waals surface area contributed by atoms with E-state index in [1.807, 2.05) is 31.2 Å². The van der Waals surface area contributed by atoms with Crippen LogP contribution >= 0.6 is 0 Å². The van der Waals surface area contributed by atoms with E-state index in [1.54, 1.807) is 24.3 Å². The zero-order valence-corrected chi connectivity index (χ0v) is 12.5. The number of aliphatic imine (C=N–C) groups is 1. The molecule has 0 saturated heterocycles. The van der Waals surface area contributed by atoms with Crippen molar-refractivity contribution in [2.75, 3.05) is 13.6 Å². The van der Waals surface area contributed by atoms with E-state index in [2.05, 4.69) is 15.0 Å². The number of benzene rings is 1. The minimum absolute atomic E-state index is 0.0460. The molecule has 22 heavy (non-hydrogen) atoms. The average molecular weight is 295 g/mol. The van der Waals surface area contributed by atoms with Crippen molar-refractivity contribution in [2.24, 2.45) is 10.7 Å². The molecular weight excluding hydrogens is 278 g/mol. The molecular formula is C16H17N5O. The summed E-state index contributed by atoms with van der Waals surface area (Å²) in [6.45, 7) is 2.46. The fraction of sp³-hybridized carbons (Fsp3) is 0.250. The summed E-state index contributed by atoms with van der Waals surface area (Å²) >= 11 is 0. The Labute approximate surface area is 128 Å². The molecule has 6 heteroatoms. The van der Waals surface area contributed by atoms with Gasteiger partial charge in [0, 0.05) is 31.5 Å². The van der Waals surface area contributed by atoms with Crippen LogP contribution in [0.2, 0.25) is 0 Å². The molecule has 3 rings (SSSR count). The number of hydrogen-bond donors (Lipinski definition) is 1. The highest BCUT2D eigenvalue weighted by Gasteiger charge is 2.35. The molecule has 1 amide bonds. The largest absolute Gasteiger partial charge is 0.379 e. The third-order valence-corrected chi connectivity index (χ3v) is 3.86. The quantitative estimate of drug-likeness (QED) is 0.902. The Kier molecular flexibility index (Phi) is 3.36. The molecule has 2 aromatic rings. The molecule has 0 radical (unpaired) electrons. The zero-order valence-electron chi connectivity index (χ0n) is 12.5. The number of amidine groups is 1. The van der Waals surface area contributed by atoms with Gasteiger partial charge in [0.25, 0.3) is 5.91 Å². The van der Waals surface area contributed by atoms with Crippen molar-refractivity contribution in [1.29, 1.82) is 0 Å². The second-order valence-corrected chi connectivity index (χ2v) is 5.64. The second kappa shape index (κ2) is 5.22. The lowest BCUT2D eigenvalue weighted by Gasteiger charge is -2.35. The number of nitrogens with zero attached hydrogens (tertiary/aromatic N) is 4. The van der Waals surface area contributed by atoms with Crippen molar-refractivity contribution in [3.05, 3.63) is 48.5 Å². The molecule has 2 N–H and O–H groups in total. The maximum Gasteiger partial charge on any atom is 0.288 e. The van der Waals surface area contributed by atoms with E-state index in [9.17, 15) is 4.79 Å². The van der Waals surface area contributed by atoms with Crippen LogP contribution in [-0.4, -0.2) is 40.2 Å². The number of aromatic nitrogens is 2. The topological polar surface area (TPSA) is 84.5 Å². The average Bonchev–Trinajstić information content (AvgIpc) is 2.53. The van der Waals surface area contributed by atoms with Crippen LogP contribution in [-0.2, 0) is 10.3 Å². The highest BCUT2D eigenvalue weighted by atomic mass is 16.2. The van der Waals surface area contributed by atoms with Crippen molar-refractivity contribution >= 4 is 11.7 Å². The molecule has 0 bridgehead atoms. The fourth-order valence-corrected chi connectivity index (χ4v) is 2.72. The minimum atomic E-state index is -0.557. The lowest BCUT2D eigenvalue weighted by atomic mass is 9.89. The Hall–Kier alpha value is -2.76. The van der Waals surface area contributed by atoms with Crippen LogP contribution in [0.15, 0.2) is 48.0 Å². The SMILES string of the molecule is CN1CC(C)(c2cccc(-c3cncnc3)c2)N=C(N)C1=O. The zero-order chi connectivity index (χ0) is 15.7. The first-order chi connectivity index (χ1) is 10.5. The predicted molar refractivity (Wildman–Crippen MR) is 84.1 cm³/mol. The van der Waals surface area contributed by atoms with Crippen molar-refractivity contribution in [3.8, 4) is 11.1 Å². The molecule has 0 fully saturated rings. The number of amides is 1. The van der Waals surface area contributed by atoms with Gasteiger partial charge in [-0.2, -0.15) is 0 Å². The van der Waals surface area contributed by atoms with Gasteiger partial charge < -0.3 is 10.6 Å². The molecule has 0 aliphatic carbocycles. The number of rotatable bonds is 2. The number of nitrogens with two attached hydrogens (primary N) is 1. The first-order valence-electron chi connectivity index (χ1n) is 6.96. The summed E-state index contributed by atoms with van der Waals surface area (Å²) in [6.07, 6.45) is 5.03. The van der Waals surface area contributed by atoms with Gasteiger partial charge >= 0.3 is 0 Å². The van der Waals surface area contributed by atoms with Gasteiger partial charge in [0.15, 0.2) is 5.84 Å². The Morgan fingerprint density at radius 3 is 2.64 bits per heavy atom. The van der Waals surface area contributed by atoms with Gasteiger partial charge in [0.05, 0.1) is 0 Å². The van der Waals surface area contributed by atoms with E-state index < -0.39 is 5.54 Å². The number of carbonyl (C=O) groups excluding carboxylic acids is 1. The predicted octanol–water partition coefficient (Wildman–Crippen LogP) is 1.19. The molecule has 1 aliphatic heterocycles. The fourth-order valence-electron chi connectivity index (χ4n) is 2.72. The first kappa shape index (κ1) is 14.2. The summed E-state index contributed by atoms with van der Waals surface area (Å²) in [5, 5.41) is 0. The third kappa shape index (κ3) is 2.43. The summed E-state index contributed by atoms with van der Waals surface area (Å²) in [5.74, 6) is -0.185. The van der Waals surface area contributed by atoms with Crippen LogP contribution in [0.3, 0.4) is 0 Å². The third-order valence-electron chi connectivity index (χ3n) is 3.86. The normalized spacial score (nSPS) is 21.6. The molecule has 1 unspecified atom stereocenters. The van der Waals surface area contributed by atoms with Gasteiger partial charge in [-0.15, -0.1) is 0 Å². The summed E-state index contributed by atoms with van der Waals surface area (Å²) in [4.78, 5) is 25.9. The molecule has 1 aromatic carbocycles. The van der Waals surface area contributed by atoms with Crippen molar-refractivity contribution in [2.45, 2.75) is 12.5 Å². The Balaban J connectivity index is 2.04. The van der Waals surface area contributed by atoms with Crippen molar-refractivity contribution in [3.63, 3.8) is 0 Å². The van der Waals surface area contributed by atoms with E-state index in [0.29, 0.717) is 6.54 Å². The van der Waals surface area contributed by atoms with Crippen LogP contribution < -0.4 is 5.73 Å². The highest BCUT2D eigenvalue weighted by molar-refractivity contribution is 6.37.